The molecule has 1 unspecified atom stereocenters. The summed E-state index contributed by atoms with van der Waals surface area (Å²) in [5.41, 5.74) is 4.64. The zero-order valence-electron chi connectivity index (χ0n) is 16.5. The van der Waals surface area contributed by atoms with Crippen LogP contribution in [0.15, 0.2) is 36.5 Å². The zero-order valence-corrected chi connectivity index (χ0v) is 16.5. The molecule has 1 aliphatic rings. The van der Waals surface area contributed by atoms with Gasteiger partial charge in [0.2, 0.25) is 0 Å². The fourth-order valence-corrected chi connectivity index (χ4v) is 3.62. The molecule has 1 aliphatic carbocycles. The van der Waals surface area contributed by atoms with E-state index in [9.17, 15) is 0 Å². The number of aromatic nitrogens is 1. The third kappa shape index (κ3) is 5.05. The van der Waals surface area contributed by atoms with E-state index >= 15 is 0 Å². The smallest absolute Gasteiger partial charge is 0.130 e. The Labute approximate surface area is 157 Å². The summed E-state index contributed by atoms with van der Waals surface area (Å²) in [6.07, 6.45) is 4.56. The molecule has 0 radical (unpaired) electrons. The Morgan fingerprint density at radius 3 is 2.50 bits per heavy atom. The third-order valence-electron chi connectivity index (χ3n) is 5.12. The molecule has 1 fully saturated rings. The van der Waals surface area contributed by atoms with Gasteiger partial charge in [-0.3, -0.25) is 4.98 Å². The van der Waals surface area contributed by atoms with Gasteiger partial charge in [-0.2, -0.15) is 0 Å². The summed E-state index contributed by atoms with van der Waals surface area (Å²) in [5, 5.41) is 3.64. The second kappa shape index (κ2) is 8.65. The molecule has 1 N–H and O–H groups in total. The van der Waals surface area contributed by atoms with Gasteiger partial charge < -0.3 is 15.0 Å². The van der Waals surface area contributed by atoms with Crippen LogP contribution in [-0.4, -0.2) is 36.6 Å². The summed E-state index contributed by atoms with van der Waals surface area (Å²) in [4.78, 5) is 6.68. The van der Waals surface area contributed by atoms with E-state index in [2.05, 4.69) is 55.3 Å². The Hall–Kier alpha value is -1.91. The van der Waals surface area contributed by atoms with Gasteiger partial charge in [0, 0.05) is 25.3 Å². The van der Waals surface area contributed by atoms with E-state index in [4.69, 9.17) is 4.74 Å². The van der Waals surface area contributed by atoms with Crippen LogP contribution in [0.25, 0.3) is 0 Å². The number of pyridine rings is 1. The predicted molar refractivity (Wildman–Crippen MR) is 106 cm³/mol. The van der Waals surface area contributed by atoms with Crippen molar-refractivity contribution in [3.63, 3.8) is 0 Å². The molecule has 4 heteroatoms. The Morgan fingerprint density at radius 1 is 1.19 bits per heavy atom. The number of rotatable bonds is 9. The summed E-state index contributed by atoms with van der Waals surface area (Å²) >= 11 is 0. The van der Waals surface area contributed by atoms with Crippen molar-refractivity contribution in [3.05, 3.63) is 58.9 Å². The Morgan fingerprint density at radius 2 is 1.92 bits per heavy atom. The average molecular weight is 354 g/mol. The molecule has 3 rings (SSSR count). The van der Waals surface area contributed by atoms with Gasteiger partial charge in [-0.15, -0.1) is 0 Å². The first-order chi connectivity index (χ1) is 12.5. The van der Waals surface area contributed by atoms with Gasteiger partial charge >= 0.3 is 0 Å². The number of ether oxygens (including phenoxy) is 1. The Kier molecular flexibility index (Phi) is 6.28. The fourth-order valence-electron chi connectivity index (χ4n) is 3.62. The van der Waals surface area contributed by atoms with Gasteiger partial charge in [0.1, 0.15) is 12.4 Å². The number of likely N-dealkylation sites (N-methyl/N-ethyl adjacent to an activating group) is 1. The van der Waals surface area contributed by atoms with Crippen molar-refractivity contribution in [2.24, 2.45) is 5.92 Å². The van der Waals surface area contributed by atoms with Crippen LogP contribution in [0.2, 0.25) is 0 Å². The van der Waals surface area contributed by atoms with Crippen LogP contribution < -0.4 is 10.1 Å². The highest BCUT2D eigenvalue weighted by atomic mass is 16.5. The van der Waals surface area contributed by atoms with Crippen LogP contribution >= 0.6 is 0 Å². The van der Waals surface area contributed by atoms with Gasteiger partial charge in [0.15, 0.2) is 0 Å². The van der Waals surface area contributed by atoms with E-state index < -0.39 is 0 Å². The summed E-state index contributed by atoms with van der Waals surface area (Å²) in [6, 6.07) is 11.0. The van der Waals surface area contributed by atoms with Crippen LogP contribution in [0, 0.1) is 19.8 Å². The summed E-state index contributed by atoms with van der Waals surface area (Å²) in [7, 11) is 4.37. The van der Waals surface area contributed by atoms with Crippen LogP contribution in [0.5, 0.6) is 5.75 Å². The molecule has 0 spiro atoms. The minimum atomic E-state index is 0.506. The number of benzene rings is 1. The fraction of sp³-hybridized carbons (Fsp3) is 0.500. The standard InChI is InChI=1S/C22H31N3O/c1-16-11-18(13-23-14-21(25(3)4)19-8-9-19)12-17(2)22(16)26-15-20-7-5-6-10-24-20/h5-7,10-12,19,21,23H,8-9,13-15H2,1-4H3. The molecule has 0 amide bonds. The van der Waals surface area contributed by atoms with Crippen molar-refractivity contribution < 1.29 is 4.74 Å². The molecule has 140 valence electrons. The molecule has 1 aromatic carbocycles. The van der Waals surface area contributed by atoms with Gasteiger partial charge in [-0.25, -0.2) is 0 Å². The van der Waals surface area contributed by atoms with Crippen LogP contribution in [0.3, 0.4) is 0 Å². The second-order valence-electron chi connectivity index (χ2n) is 7.67. The van der Waals surface area contributed by atoms with Crippen molar-refractivity contribution in [1.82, 2.24) is 15.2 Å². The lowest BCUT2D eigenvalue weighted by Crippen LogP contribution is -2.39. The maximum Gasteiger partial charge on any atom is 0.130 e. The van der Waals surface area contributed by atoms with Crippen LogP contribution in [0.4, 0.5) is 0 Å². The Bertz CT molecular complexity index is 686. The maximum atomic E-state index is 6.03. The third-order valence-corrected chi connectivity index (χ3v) is 5.12. The largest absolute Gasteiger partial charge is 0.487 e. The molecular formula is C22H31N3O. The SMILES string of the molecule is Cc1cc(CNCC(C2CC2)N(C)C)cc(C)c1OCc1ccccn1. The first-order valence-electron chi connectivity index (χ1n) is 9.54. The molecule has 1 aromatic heterocycles. The quantitative estimate of drug-likeness (QED) is 0.746. The highest BCUT2D eigenvalue weighted by molar-refractivity contribution is 5.43. The lowest BCUT2D eigenvalue weighted by atomic mass is 10.1. The number of aryl methyl sites for hydroxylation is 2. The van der Waals surface area contributed by atoms with Gasteiger partial charge in [0.25, 0.3) is 0 Å². The molecule has 1 atom stereocenters. The first kappa shape index (κ1) is 18.9. The number of nitrogens with zero attached hydrogens (tertiary/aromatic N) is 2. The molecule has 1 saturated carbocycles. The number of hydrogen-bond acceptors (Lipinski definition) is 4. The Balaban J connectivity index is 1.56. The van der Waals surface area contributed by atoms with Crippen molar-refractivity contribution in [3.8, 4) is 5.75 Å². The molecule has 0 aliphatic heterocycles. The molecule has 2 aromatic rings. The predicted octanol–water partition coefficient (Wildman–Crippen LogP) is 3.71. The molecular weight excluding hydrogens is 322 g/mol. The molecule has 1 heterocycles. The van der Waals surface area contributed by atoms with E-state index in [1.165, 1.54) is 29.5 Å². The topological polar surface area (TPSA) is 37.4 Å². The number of hydrogen-bond donors (Lipinski definition) is 1. The van der Waals surface area contributed by atoms with Crippen molar-refractivity contribution >= 4 is 0 Å². The lowest BCUT2D eigenvalue weighted by Gasteiger charge is -2.24. The van der Waals surface area contributed by atoms with Crippen molar-refractivity contribution in [1.29, 1.82) is 0 Å². The van der Waals surface area contributed by atoms with E-state index in [-0.39, 0.29) is 0 Å². The van der Waals surface area contributed by atoms with Crippen molar-refractivity contribution in [2.45, 2.75) is 45.9 Å². The maximum absolute atomic E-state index is 6.03. The minimum Gasteiger partial charge on any atom is -0.487 e. The second-order valence-corrected chi connectivity index (χ2v) is 7.67. The van der Waals surface area contributed by atoms with E-state index in [1.807, 2.05) is 18.2 Å². The van der Waals surface area contributed by atoms with E-state index in [0.29, 0.717) is 12.6 Å². The molecule has 0 saturated heterocycles. The highest BCUT2D eigenvalue weighted by Crippen LogP contribution is 2.34. The molecule has 4 nitrogen and oxygen atoms in total. The summed E-state index contributed by atoms with van der Waals surface area (Å²) in [6.45, 7) is 6.70. The van der Waals surface area contributed by atoms with Gasteiger partial charge in [-0.1, -0.05) is 18.2 Å². The first-order valence-corrected chi connectivity index (χ1v) is 9.54. The highest BCUT2D eigenvalue weighted by Gasteiger charge is 2.32. The molecule has 0 bridgehead atoms. The zero-order chi connectivity index (χ0) is 18.5. The normalized spacial score (nSPS) is 15.3. The van der Waals surface area contributed by atoms with Gasteiger partial charge in [0.05, 0.1) is 5.69 Å². The average Bonchev–Trinajstić information content (AvgIpc) is 3.43. The van der Waals surface area contributed by atoms with E-state index in [1.54, 1.807) is 6.20 Å². The summed E-state index contributed by atoms with van der Waals surface area (Å²) < 4.78 is 6.03. The minimum absolute atomic E-state index is 0.506. The summed E-state index contributed by atoms with van der Waals surface area (Å²) in [5.74, 6) is 1.85. The monoisotopic (exact) mass is 353 g/mol. The van der Waals surface area contributed by atoms with Crippen molar-refractivity contribution in [2.75, 3.05) is 20.6 Å². The van der Waals surface area contributed by atoms with E-state index in [0.717, 1.165) is 30.5 Å². The number of nitrogens with one attached hydrogen (secondary N) is 1. The van der Waals surface area contributed by atoms with Crippen LogP contribution in [0.1, 0.15) is 35.2 Å². The molecule has 26 heavy (non-hydrogen) atoms. The van der Waals surface area contributed by atoms with Crippen LogP contribution in [-0.2, 0) is 13.2 Å². The van der Waals surface area contributed by atoms with Gasteiger partial charge in [-0.05, 0) is 75.5 Å². The lowest BCUT2D eigenvalue weighted by molar-refractivity contribution is 0.255.